The van der Waals surface area contributed by atoms with Gasteiger partial charge in [0.1, 0.15) is 17.7 Å². The third kappa shape index (κ3) is 3.77. The summed E-state index contributed by atoms with van der Waals surface area (Å²) in [5, 5.41) is 9.22. The smallest absolute Gasteiger partial charge is 0.368 e. The molecule has 0 aliphatic rings. The molecule has 0 aliphatic carbocycles. The Balaban J connectivity index is 2.70. The lowest BCUT2D eigenvalue weighted by Crippen LogP contribution is -2.41. The number of nitriles is 1. The van der Waals surface area contributed by atoms with Crippen LogP contribution in [0.2, 0.25) is 0 Å². The van der Waals surface area contributed by atoms with E-state index in [0.717, 1.165) is 23.2 Å². The minimum absolute atomic E-state index is 0.0178. The van der Waals surface area contributed by atoms with Gasteiger partial charge >= 0.3 is 6.18 Å². The monoisotopic (exact) mass is 350 g/mol. The second kappa shape index (κ2) is 6.64. The molecule has 25 heavy (non-hydrogen) atoms. The lowest BCUT2D eigenvalue weighted by molar-refractivity contribution is -0.137. The number of alkyl halides is 3. The van der Waals surface area contributed by atoms with Crippen molar-refractivity contribution in [3.63, 3.8) is 0 Å². The molecule has 1 atom stereocenters. The standard InChI is InChI=1S/C15H13F3N6O/c1-8(12(20)25)24(13-9(6-19)7-22-14(21)23-13)11-4-2-3-10(5-11)15(16,17)18/h2-5,7-8H,1H3,(H2,20,25)(H2,21,22,23)/t8-/m0/s1. The number of nitrogens with two attached hydrogens (primary N) is 2. The van der Waals surface area contributed by atoms with E-state index in [2.05, 4.69) is 9.97 Å². The van der Waals surface area contributed by atoms with Crippen molar-refractivity contribution in [2.45, 2.75) is 19.1 Å². The highest BCUT2D eigenvalue weighted by Crippen LogP contribution is 2.35. The van der Waals surface area contributed by atoms with Crippen LogP contribution in [-0.4, -0.2) is 21.9 Å². The van der Waals surface area contributed by atoms with E-state index < -0.39 is 23.7 Å². The van der Waals surface area contributed by atoms with Gasteiger partial charge in [-0.1, -0.05) is 6.07 Å². The molecule has 0 bridgehead atoms. The molecule has 1 aromatic carbocycles. The van der Waals surface area contributed by atoms with Gasteiger partial charge in [-0.25, -0.2) is 4.98 Å². The summed E-state index contributed by atoms with van der Waals surface area (Å²) in [4.78, 5) is 20.3. The highest BCUT2D eigenvalue weighted by molar-refractivity contribution is 5.86. The van der Waals surface area contributed by atoms with E-state index in [1.54, 1.807) is 0 Å². The van der Waals surface area contributed by atoms with Crippen molar-refractivity contribution in [1.82, 2.24) is 9.97 Å². The predicted molar refractivity (Wildman–Crippen MR) is 83.4 cm³/mol. The fourth-order valence-corrected chi connectivity index (χ4v) is 2.14. The number of nitrogen functional groups attached to an aromatic ring is 1. The summed E-state index contributed by atoms with van der Waals surface area (Å²) >= 11 is 0. The number of rotatable bonds is 4. The maximum Gasteiger partial charge on any atom is 0.416 e. The van der Waals surface area contributed by atoms with Gasteiger partial charge in [-0.05, 0) is 25.1 Å². The highest BCUT2D eigenvalue weighted by Gasteiger charge is 2.32. The second-order valence-electron chi connectivity index (χ2n) is 5.07. The summed E-state index contributed by atoms with van der Waals surface area (Å²) in [6.45, 7) is 1.38. The molecule has 7 nitrogen and oxygen atoms in total. The normalized spacial score (nSPS) is 12.3. The van der Waals surface area contributed by atoms with Crippen molar-refractivity contribution >= 4 is 23.4 Å². The van der Waals surface area contributed by atoms with Crippen molar-refractivity contribution < 1.29 is 18.0 Å². The summed E-state index contributed by atoms with van der Waals surface area (Å²) in [7, 11) is 0. The van der Waals surface area contributed by atoms with E-state index in [1.165, 1.54) is 19.1 Å². The zero-order chi connectivity index (χ0) is 18.8. The highest BCUT2D eigenvalue weighted by atomic mass is 19.4. The van der Waals surface area contributed by atoms with Crippen LogP contribution in [0, 0.1) is 11.3 Å². The van der Waals surface area contributed by atoms with Crippen LogP contribution in [0.3, 0.4) is 0 Å². The lowest BCUT2D eigenvalue weighted by Gasteiger charge is -2.29. The molecular weight excluding hydrogens is 337 g/mol. The van der Waals surface area contributed by atoms with Crippen molar-refractivity contribution in [3.05, 3.63) is 41.6 Å². The number of anilines is 3. The van der Waals surface area contributed by atoms with E-state index in [1.807, 2.05) is 6.07 Å². The van der Waals surface area contributed by atoms with Crippen molar-refractivity contribution in [2.24, 2.45) is 5.73 Å². The molecule has 130 valence electrons. The van der Waals surface area contributed by atoms with Crippen molar-refractivity contribution in [1.29, 1.82) is 5.26 Å². The Morgan fingerprint density at radius 3 is 2.64 bits per heavy atom. The first kappa shape index (κ1) is 18.0. The lowest BCUT2D eigenvalue weighted by atomic mass is 10.1. The third-order valence-corrected chi connectivity index (χ3v) is 3.39. The quantitative estimate of drug-likeness (QED) is 0.869. The Kier molecular flexibility index (Phi) is 4.78. The van der Waals surface area contributed by atoms with E-state index >= 15 is 0 Å². The second-order valence-corrected chi connectivity index (χ2v) is 5.07. The Morgan fingerprint density at radius 1 is 1.40 bits per heavy atom. The minimum atomic E-state index is -4.58. The zero-order valence-corrected chi connectivity index (χ0v) is 12.9. The molecule has 4 N–H and O–H groups in total. The third-order valence-electron chi connectivity index (χ3n) is 3.39. The number of amides is 1. The Morgan fingerprint density at radius 2 is 2.08 bits per heavy atom. The number of aromatic nitrogens is 2. The van der Waals surface area contributed by atoms with Crippen LogP contribution >= 0.6 is 0 Å². The molecule has 0 radical (unpaired) electrons. The van der Waals surface area contributed by atoms with Crippen LogP contribution in [0.4, 0.5) is 30.6 Å². The van der Waals surface area contributed by atoms with Gasteiger partial charge in [-0.2, -0.15) is 23.4 Å². The topological polar surface area (TPSA) is 122 Å². The first-order valence-corrected chi connectivity index (χ1v) is 6.93. The molecule has 0 unspecified atom stereocenters. The number of hydrogen-bond acceptors (Lipinski definition) is 6. The number of carbonyl (C=O) groups excluding carboxylic acids is 1. The predicted octanol–water partition coefficient (Wildman–Crippen LogP) is 1.96. The molecule has 2 rings (SSSR count). The summed E-state index contributed by atoms with van der Waals surface area (Å²) in [5.41, 5.74) is 9.81. The van der Waals surface area contributed by atoms with Crippen molar-refractivity contribution in [2.75, 3.05) is 10.6 Å². The first-order chi connectivity index (χ1) is 11.6. The van der Waals surface area contributed by atoms with Crippen molar-refractivity contribution in [3.8, 4) is 6.07 Å². The number of nitrogens with zero attached hydrogens (tertiary/aromatic N) is 4. The Labute approximate surface area is 140 Å². The molecule has 0 fully saturated rings. The fraction of sp³-hybridized carbons (Fsp3) is 0.200. The SMILES string of the molecule is C[C@@H](C(N)=O)N(c1cccc(C(F)(F)F)c1)c1nc(N)ncc1C#N. The van der Waals surface area contributed by atoms with E-state index in [4.69, 9.17) is 11.5 Å². The first-order valence-electron chi connectivity index (χ1n) is 6.93. The summed E-state index contributed by atoms with van der Waals surface area (Å²) in [6, 6.07) is 4.96. The minimum Gasteiger partial charge on any atom is -0.368 e. The number of halogens is 3. The average Bonchev–Trinajstić information content (AvgIpc) is 2.54. The van der Waals surface area contributed by atoms with E-state index in [0.29, 0.717) is 0 Å². The van der Waals surface area contributed by atoms with Crippen LogP contribution in [0.5, 0.6) is 0 Å². The van der Waals surface area contributed by atoms with Crippen LogP contribution in [-0.2, 0) is 11.0 Å². The summed E-state index contributed by atoms with van der Waals surface area (Å²) < 4.78 is 39.0. The molecule has 1 amide bonds. The van der Waals surface area contributed by atoms with Gasteiger partial charge in [0.15, 0.2) is 5.82 Å². The molecule has 0 spiro atoms. The van der Waals surface area contributed by atoms with Crippen LogP contribution in [0.25, 0.3) is 0 Å². The molecular formula is C15H13F3N6O. The van der Waals surface area contributed by atoms with Crippen LogP contribution in [0.1, 0.15) is 18.1 Å². The van der Waals surface area contributed by atoms with Gasteiger partial charge in [0, 0.05) is 5.69 Å². The van der Waals surface area contributed by atoms with Crippen LogP contribution < -0.4 is 16.4 Å². The molecule has 0 aliphatic heterocycles. The molecule has 1 aromatic heterocycles. The Bertz CT molecular complexity index is 846. The number of carbonyl (C=O) groups is 1. The average molecular weight is 350 g/mol. The molecule has 1 heterocycles. The fourth-order valence-electron chi connectivity index (χ4n) is 2.14. The Hall–Kier alpha value is -3.35. The number of hydrogen-bond donors (Lipinski definition) is 2. The molecule has 0 saturated heterocycles. The van der Waals surface area contributed by atoms with Gasteiger partial charge in [0.2, 0.25) is 11.9 Å². The zero-order valence-electron chi connectivity index (χ0n) is 12.9. The van der Waals surface area contributed by atoms with Gasteiger partial charge in [-0.15, -0.1) is 0 Å². The summed E-state index contributed by atoms with van der Waals surface area (Å²) in [6.07, 6.45) is -3.47. The molecule has 0 saturated carbocycles. The maximum absolute atomic E-state index is 13.0. The molecule has 2 aromatic rings. The van der Waals surface area contributed by atoms with Gasteiger partial charge in [-0.3, -0.25) is 4.79 Å². The van der Waals surface area contributed by atoms with Crippen LogP contribution in [0.15, 0.2) is 30.5 Å². The van der Waals surface area contributed by atoms with Gasteiger partial charge in [0.05, 0.1) is 11.8 Å². The maximum atomic E-state index is 13.0. The number of primary amides is 1. The van der Waals surface area contributed by atoms with E-state index in [9.17, 15) is 23.2 Å². The largest absolute Gasteiger partial charge is 0.416 e. The molecule has 10 heteroatoms. The summed E-state index contributed by atoms with van der Waals surface area (Å²) in [5.74, 6) is -1.14. The van der Waals surface area contributed by atoms with Gasteiger partial charge < -0.3 is 16.4 Å². The van der Waals surface area contributed by atoms with Gasteiger partial charge in [0.25, 0.3) is 0 Å². The van der Waals surface area contributed by atoms with E-state index in [-0.39, 0.29) is 23.0 Å². The number of benzene rings is 1.